The number of hydrogen-bond acceptors (Lipinski definition) is 4. The average molecular weight is 589 g/mol. The van der Waals surface area contributed by atoms with Crippen LogP contribution in [-0.2, 0) is 4.79 Å². The molecule has 0 bridgehead atoms. The Balaban J connectivity index is 3.34. The number of aromatic nitrogens is 1. The van der Waals surface area contributed by atoms with Gasteiger partial charge in [0, 0.05) is 18.6 Å². The molecule has 0 aliphatic carbocycles. The third-order valence-electron chi connectivity index (χ3n) is 4.42. The average Bonchev–Trinajstić information content (AvgIpc) is 3.02. The zero-order chi connectivity index (χ0) is 29.8. The first kappa shape index (κ1) is 32.2. The van der Waals surface area contributed by atoms with E-state index in [1.165, 1.54) is 0 Å². The number of hydrogen-bond donors (Lipinski definition) is 2. The highest BCUT2D eigenvalue weighted by Gasteiger charge is 2.95. The van der Waals surface area contributed by atoms with Crippen LogP contribution in [0.5, 0.6) is 11.8 Å². The quantitative estimate of drug-likeness (QED) is 0.347. The summed E-state index contributed by atoms with van der Waals surface area (Å²) in [6.07, 6.45) is -13.1. The maximum Gasteiger partial charge on any atom is 0.460 e. The molecule has 1 heterocycles. The van der Waals surface area contributed by atoms with E-state index in [4.69, 9.17) is 10.2 Å². The van der Waals surface area contributed by atoms with Crippen molar-refractivity contribution in [3.63, 3.8) is 0 Å². The Labute approximate surface area is 190 Å². The first-order valence-electron chi connectivity index (χ1n) is 8.57. The molecule has 0 atom stereocenters. The van der Waals surface area contributed by atoms with Gasteiger partial charge in [-0.1, -0.05) is 0 Å². The molecule has 22 heteroatoms. The molecule has 0 aliphatic heterocycles. The van der Waals surface area contributed by atoms with Gasteiger partial charge in [0.15, 0.2) is 0 Å². The third kappa shape index (κ3) is 4.66. The summed E-state index contributed by atoms with van der Waals surface area (Å²) in [5, 5.41) is 18.2. The van der Waals surface area contributed by atoms with Gasteiger partial charge < -0.3 is 15.1 Å². The highest BCUT2D eigenvalue weighted by Crippen LogP contribution is 2.64. The summed E-state index contributed by atoms with van der Waals surface area (Å²) in [7, 11) is 0. The first-order chi connectivity index (χ1) is 16.0. The van der Waals surface area contributed by atoms with Crippen LogP contribution in [0.2, 0.25) is 0 Å². The zero-order valence-electron chi connectivity index (χ0n) is 16.7. The molecule has 1 rings (SSSR count). The molecule has 0 saturated heterocycles. The van der Waals surface area contributed by atoms with Gasteiger partial charge in [0.05, 0.1) is 6.42 Å². The molecule has 216 valence electrons. The maximum atomic E-state index is 13.7. The van der Waals surface area contributed by atoms with Crippen molar-refractivity contribution < 1.29 is 94.5 Å². The minimum absolute atomic E-state index is 0.287. The van der Waals surface area contributed by atoms with Crippen molar-refractivity contribution in [2.75, 3.05) is 0 Å². The van der Waals surface area contributed by atoms with Gasteiger partial charge in [-0.3, -0.25) is 0 Å². The molecule has 0 radical (unpaired) electrons. The van der Waals surface area contributed by atoms with Crippen LogP contribution in [0.3, 0.4) is 0 Å². The van der Waals surface area contributed by atoms with Gasteiger partial charge in [-0.25, -0.2) is 4.79 Å². The second-order valence-corrected chi connectivity index (χ2v) is 6.96. The molecule has 0 saturated carbocycles. The molecule has 0 fully saturated rings. The molecule has 0 amide bonds. The van der Waals surface area contributed by atoms with Crippen LogP contribution in [-0.4, -0.2) is 68.5 Å². The Morgan fingerprint density at radius 3 is 1.30 bits per heavy atom. The summed E-state index contributed by atoms with van der Waals surface area (Å²) in [5.41, 5.74) is 0. The molecular weight excluding hydrogens is 581 g/mol. The maximum absolute atomic E-state index is 13.7. The van der Waals surface area contributed by atoms with Crippen molar-refractivity contribution in [3.8, 4) is 11.8 Å². The van der Waals surface area contributed by atoms with E-state index in [0.29, 0.717) is 12.1 Å². The third-order valence-corrected chi connectivity index (χ3v) is 4.42. The number of aromatic hydroxyl groups is 2. The van der Waals surface area contributed by atoms with E-state index >= 15 is 0 Å². The van der Waals surface area contributed by atoms with Gasteiger partial charge in [-0.15, -0.1) is 4.73 Å². The fraction of sp³-hybridized carbons (Fsp3) is 0.667. The van der Waals surface area contributed by atoms with Crippen LogP contribution >= 0.6 is 0 Å². The summed E-state index contributed by atoms with van der Waals surface area (Å²) < 4.78 is 223. The second kappa shape index (κ2) is 8.88. The van der Waals surface area contributed by atoms with E-state index in [-0.39, 0.29) is 4.73 Å². The number of nitrogens with zero attached hydrogens (tertiary/aromatic N) is 1. The lowest BCUT2D eigenvalue weighted by atomic mass is 9.88. The Bertz CT molecular complexity index is 978. The van der Waals surface area contributed by atoms with Crippen LogP contribution in [0.1, 0.15) is 12.8 Å². The van der Waals surface area contributed by atoms with Crippen molar-refractivity contribution in [2.45, 2.75) is 60.5 Å². The molecule has 0 aromatic carbocycles. The van der Waals surface area contributed by atoms with Gasteiger partial charge in [-0.2, -0.15) is 74.6 Å². The Hall–Kier alpha value is -2.84. The van der Waals surface area contributed by atoms with E-state index in [1.807, 2.05) is 0 Å². The van der Waals surface area contributed by atoms with E-state index in [0.717, 1.165) is 0 Å². The number of rotatable bonds is 10. The monoisotopic (exact) mass is 589 g/mol. The minimum atomic E-state index is -8.75. The summed E-state index contributed by atoms with van der Waals surface area (Å²) >= 11 is 0. The SMILES string of the molecule is O=C(CCC(F)(F)C(F)(F)C(F)(F)C(F)(F)C(F)(F)C(F)(F)C(F)(F)C(F)(F)F)On1c(O)ccc1O. The second-order valence-electron chi connectivity index (χ2n) is 6.96. The number of carbonyl (C=O) groups is 1. The van der Waals surface area contributed by atoms with Crippen molar-refractivity contribution in [2.24, 2.45) is 0 Å². The standard InChI is InChI=1S/C15H8F17NO4/c16-8(17,4-3-7(36)37-33-5(34)1-2-6(33)35)9(18,19)10(20,21)11(22,23)12(24,25)13(26,27)14(28,29)15(30,31)32/h1-2,34-35H,3-4H2. The van der Waals surface area contributed by atoms with Gasteiger partial charge >= 0.3 is 53.6 Å². The lowest BCUT2D eigenvalue weighted by molar-refractivity contribution is -0.461. The molecule has 5 nitrogen and oxygen atoms in total. The largest absolute Gasteiger partial charge is 0.492 e. The van der Waals surface area contributed by atoms with Crippen molar-refractivity contribution >= 4 is 5.97 Å². The highest BCUT2D eigenvalue weighted by atomic mass is 19.4. The van der Waals surface area contributed by atoms with Crippen LogP contribution in [0, 0.1) is 0 Å². The smallest absolute Gasteiger partial charge is 0.460 e. The molecule has 0 spiro atoms. The predicted octanol–water partition coefficient (Wildman–Crippen LogP) is 5.64. The van der Waals surface area contributed by atoms with Crippen LogP contribution in [0.15, 0.2) is 12.1 Å². The van der Waals surface area contributed by atoms with Crippen LogP contribution in [0.4, 0.5) is 74.6 Å². The van der Waals surface area contributed by atoms with E-state index in [1.54, 1.807) is 0 Å². The molecule has 1 aromatic rings. The predicted molar refractivity (Wildman–Crippen MR) is 79.3 cm³/mol. The van der Waals surface area contributed by atoms with Crippen LogP contribution < -0.4 is 4.84 Å². The van der Waals surface area contributed by atoms with Gasteiger partial charge in [0.1, 0.15) is 0 Å². The van der Waals surface area contributed by atoms with E-state index in [2.05, 4.69) is 4.84 Å². The fourth-order valence-corrected chi connectivity index (χ4v) is 2.26. The molecule has 0 unspecified atom stereocenters. The van der Waals surface area contributed by atoms with Crippen molar-refractivity contribution in [1.29, 1.82) is 0 Å². The number of carbonyl (C=O) groups excluding carboxylic acids is 1. The number of halogens is 17. The molecular formula is C15H8F17NO4. The fourth-order valence-electron chi connectivity index (χ4n) is 2.26. The zero-order valence-corrected chi connectivity index (χ0v) is 16.7. The van der Waals surface area contributed by atoms with E-state index in [9.17, 15) is 79.4 Å². The summed E-state index contributed by atoms with van der Waals surface area (Å²) in [6.45, 7) is 0. The van der Waals surface area contributed by atoms with Crippen molar-refractivity contribution in [1.82, 2.24) is 4.73 Å². The molecule has 2 N–H and O–H groups in total. The number of alkyl halides is 17. The normalized spacial score (nSPS) is 15.2. The molecule has 37 heavy (non-hydrogen) atoms. The Kier molecular flexibility index (Phi) is 7.72. The lowest BCUT2D eigenvalue weighted by Crippen LogP contribution is -2.74. The minimum Gasteiger partial charge on any atom is -0.492 e. The summed E-state index contributed by atoms with van der Waals surface area (Å²) in [4.78, 5) is 15.2. The van der Waals surface area contributed by atoms with Crippen molar-refractivity contribution in [3.05, 3.63) is 12.1 Å². The van der Waals surface area contributed by atoms with E-state index < -0.39 is 78.2 Å². The highest BCUT2D eigenvalue weighted by molar-refractivity contribution is 5.70. The van der Waals surface area contributed by atoms with Gasteiger partial charge in [0.25, 0.3) is 0 Å². The van der Waals surface area contributed by atoms with Crippen LogP contribution in [0.25, 0.3) is 0 Å². The molecule has 1 aromatic heterocycles. The summed E-state index contributed by atoms with van der Waals surface area (Å²) in [6, 6.07) is 1.15. The topological polar surface area (TPSA) is 71.7 Å². The van der Waals surface area contributed by atoms with Gasteiger partial charge in [0.2, 0.25) is 11.8 Å². The van der Waals surface area contributed by atoms with Gasteiger partial charge in [-0.05, 0) is 0 Å². The lowest BCUT2D eigenvalue weighted by Gasteiger charge is -2.42. The summed E-state index contributed by atoms with van der Waals surface area (Å²) in [5.74, 6) is -62.0. The first-order valence-corrected chi connectivity index (χ1v) is 8.57. The molecule has 0 aliphatic rings. The Morgan fingerprint density at radius 1 is 0.622 bits per heavy atom. The Morgan fingerprint density at radius 2 is 0.946 bits per heavy atom.